The standard InChI is InChI=1S/C15H26N2/c1-4-15(5-2,13-16)17(3)12-11-14-9-7-6-8-10-14/h6-10H,4-5,11-13,16H2,1-3H3. The normalized spacial score (nSPS) is 12.1. The Kier molecular flexibility index (Phi) is 5.66. The first-order chi connectivity index (χ1) is 8.18. The average molecular weight is 234 g/mol. The number of nitrogens with two attached hydrogens (primary N) is 1. The Morgan fingerprint density at radius 3 is 2.18 bits per heavy atom. The van der Waals surface area contributed by atoms with Crippen LogP contribution in [0.1, 0.15) is 32.3 Å². The highest BCUT2D eigenvalue weighted by Gasteiger charge is 2.28. The van der Waals surface area contributed by atoms with E-state index in [2.05, 4.69) is 56.1 Å². The van der Waals surface area contributed by atoms with Crippen molar-refractivity contribution in [2.75, 3.05) is 20.1 Å². The van der Waals surface area contributed by atoms with Crippen molar-refractivity contribution < 1.29 is 0 Å². The van der Waals surface area contributed by atoms with Gasteiger partial charge in [0.15, 0.2) is 0 Å². The molecule has 96 valence electrons. The molecule has 0 aliphatic heterocycles. The minimum absolute atomic E-state index is 0.175. The van der Waals surface area contributed by atoms with Crippen molar-refractivity contribution in [1.82, 2.24) is 4.90 Å². The highest BCUT2D eigenvalue weighted by molar-refractivity contribution is 5.15. The molecule has 0 aliphatic rings. The second-order valence-corrected chi connectivity index (χ2v) is 4.79. The first kappa shape index (κ1) is 14.2. The monoisotopic (exact) mass is 234 g/mol. The van der Waals surface area contributed by atoms with Gasteiger partial charge in [0, 0.05) is 18.6 Å². The first-order valence-corrected chi connectivity index (χ1v) is 6.63. The Hall–Kier alpha value is -0.860. The maximum absolute atomic E-state index is 5.96. The minimum atomic E-state index is 0.175. The van der Waals surface area contributed by atoms with Gasteiger partial charge in [-0.2, -0.15) is 0 Å². The van der Waals surface area contributed by atoms with E-state index in [9.17, 15) is 0 Å². The maximum atomic E-state index is 5.96. The molecule has 1 aromatic carbocycles. The third-order valence-electron chi connectivity index (χ3n) is 4.08. The molecule has 17 heavy (non-hydrogen) atoms. The van der Waals surface area contributed by atoms with E-state index in [1.807, 2.05) is 0 Å². The van der Waals surface area contributed by atoms with E-state index in [1.165, 1.54) is 5.56 Å². The summed E-state index contributed by atoms with van der Waals surface area (Å²) in [4.78, 5) is 2.43. The van der Waals surface area contributed by atoms with Gasteiger partial charge in [-0.05, 0) is 31.9 Å². The molecule has 0 fully saturated rings. The summed E-state index contributed by atoms with van der Waals surface area (Å²) in [6.07, 6.45) is 3.33. The van der Waals surface area contributed by atoms with E-state index in [1.54, 1.807) is 0 Å². The number of rotatable bonds is 7. The van der Waals surface area contributed by atoms with Crippen LogP contribution in [0.2, 0.25) is 0 Å². The predicted octanol–water partition coefficient (Wildman–Crippen LogP) is 2.68. The molecule has 0 amide bonds. The van der Waals surface area contributed by atoms with Crippen molar-refractivity contribution in [2.24, 2.45) is 5.73 Å². The molecule has 1 rings (SSSR count). The van der Waals surface area contributed by atoms with Crippen LogP contribution in [-0.4, -0.2) is 30.6 Å². The van der Waals surface area contributed by atoms with Gasteiger partial charge in [0.1, 0.15) is 0 Å². The highest BCUT2D eigenvalue weighted by Crippen LogP contribution is 2.21. The fraction of sp³-hybridized carbons (Fsp3) is 0.600. The van der Waals surface area contributed by atoms with Crippen LogP contribution in [0.5, 0.6) is 0 Å². The van der Waals surface area contributed by atoms with E-state index in [0.717, 1.165) is 32.4 Å². The van der Waals surface area contributed by atoms with E-state index < -0.39 is 0 Å². The van der Waals surface area contributed by atoms with E-state index in [0.29, 0.717) is 0 Å². The van der Waals surface area contributed by atoms with Crippen LogP contribution < -0.4 is 5.73 Å². The van der Waals surface area contributed by atoms with Gasteiger partial charge < -0.3 is 5.73 Å². The zero-order chi connectivity index (χ0) is 12.7. The van der Waals surface area contributed by atoms with Crippen molar-refractivity contribution in [3.63, 3.8) is 0 Å². The highest BCUT2D eigenvalue weighted by atomic mass is 15.2. The molecule has 0 atom stereocenters. The number of hydrogen-bond donors (Lipinski definition) is 1. The van der Waals surface area contributed by atoms with Crippen molar-refractivity contribution in [1.29, 1.82) is 0 Å². The molecule has 0 aromatic heterocycles. The molecule has 1 aromatic rings. The van der Waals surface area contributed by atoms with Crippen LogP contribution >= 0.6 is 0 Å². The average Bonchev–Trinajstić information content (AvgIpc) is 2.40. The van der Waals surface area contributed by atoms with Crippen LogP contribution in [0.3, 0.4) is 0 Å². The van der Waals surface area contributed by atoms with E-state index >= 15 is 0 Å². The molecule has 0 spiro atoms. The SMILES string of the molecule is CCC(CC)(CN)N(C)CCc1ccccc1. The summed E-state index contributed by atoms with van der Waals surface area (Å²) in [5, 5.41) is 0. The zero-order valence-corrected chi connectivity index (χ0v) is 11.4. The second kappa shape index (κ2) is 6.77. The van der Waals surface area contributed by atoms with Crippen LogP contribution in [0.15, 0.2) is 30.3 Å². The topological polar surface area (TPSA) is 29.3 Å². The van der Waals surface area contributed by atoms with Gasteiger partial charge in [-0.15, -0.1) is 0 Å². The predicted molar refractivity (Wildman–Crippen MR) is 75.1 cm³/mol. The summed E-state index contributed by atoms with van der Waals surface area (Å²) in [6.45, 7) is 6.28. The molecule has 2 N–H and O–H groups in total. The fourth-order valence-electron chi connectivity index (χ4n) is 2.41. The molecule has 2 heteroatoms. The summed E-state index contributed by atoms with van der Waals surface area (Å²) < 4.78 is 0. The second-order valence-electron chi connectivity index (χ2n) is 4.79. The molecule has 0 bridgehead atoms. The minimum Gasteiger partial charge on any atom is -0.329 e. The van der Waals surface area contributed by atoms with Crippen LogP contribution in [0, 0.1) is 0 Å². The fourth-order valence-corrected chi connectivity index (χ4v) is 2.41. The van der Waals surface area contributed by atoms with Crippen molar-refractivity contribution >= 4 is 0 Å². The maximum Gasteiger partial charge on any atom is 0.0323 e. The van der Waals surface area contributed by atoms with Gasteiger partial charge >= 0.3 is 0 Å². The molecule has 0 aliphatic carbocycles. The quantitative estimate of drug-likeness (QED) is 0.786. The summed E-state index contributed by atoms with van der Waals surface area (Å²) in [5.41, 5.74) is 7.53. The van der Waals surface area contributed by atoms with Gasteiger partial charge in [-0.1, -0.05) is 44.2 Å². The van der Waals surface area contributed by atoms with Gasteiger partial charge in [-0.3, -0.25) is 4.90 Å². The Morgan fingerprint density at radius 2 is 1.71 bits per heavy atom. The molecule has 0 saturated carbocycles. The van der Waals surface area contributed by atoms with Gasteiger partial charge in [0.2, 0.25) is 0 Å². The summed E-state index contributed by atoms with van der Waals surface area (Å²) in [6, 6.07) is 10.7. The Labute approximate surface area is 106 Å². The van der Waals surface area contributed by atoms with Gasteiger partial charge in [-0.25, -0.2) is 0 Å². The number of likely N-dealkylation sites (N-methyl/N-ethyl adjacent to an activating group) is 1. The molecule has 0 unspecified atom stereocenters. The van der Waals surface area contributed by atoms with Crippen molar-refractivity contribution in [3.8, 4) is 0 Å². The molecule has 0 heterocycles. The Bertz CT molecular complexity index is 296. The summed E-state index contributed by atoms with van der Waals surface area (Å²) >= 11 is 0. The van der Waals surface area contributed by atoms with E-state index in [4.69, 9.17) is 5.73 Å². The molecule has 0 radical (unpaired) electrons. The lowest BCUT2D eigenvalue weighted by Gasteiger charge is -2.40. The molecule has 2 nitrogen and oxygen atoms in total. The summed E-state index contributed by atoms with van der Waals surface area (Å²) in [5.74, 6) is 0. The lowest BCUT2D eigenvalue weighted by atomic mass is 9.91. The molecular formula is C15H26N2. The number of benzene rings is 1. The van der Waals surface area contributed by atoms with E-state index in [-0.39, 0.29) is 5.54 Å². The van der Waals surface area contributed by atoms with Gasteiger partial charge in [0.05, 0.1) is 0 Å². The Morgan fingerprint density at radius 1 is 1.12 bits per heavy atom. The largest absolute Gasteiger partial charge is 0.329 e. The number of nitrogens with zero attached hydrogens (tertiary/aromatic N) is 1. The van der Waals surface area contributed by atoms with Crippen LogP contribution in [-0.2, 0) is 6.42 Å². The first-order valence-electron chi connectivity index (χ1n) is 6.63. The molecular weight excluding hydrogens is 208 g/mol. The van der Waals surface area contributed by atoms with Crippen LogP contribution in [0.25, 0.3) is 0 Å². The Balaban J connectivity index is 2.56. The number of hydrogen-bond acceptors (Lipinski definition) is 2. The van der Waals surface area contributed by atoms with Crippen LogP contribution in [0.4, 0.5) is 0 Å². The summed E-state index contributed by atoms with van der Waals surface area (Å²) in [7, 11) is 2.20. The van der Waals surface area contributed by atoms with Crippen molar-refractivity contribution in [3.05, 3.63) is 35.9 Å². The lowest BCUT2D eigenvalue weighted by Crippen LogP contribution is -2.51. The third kappa shape index (κ3) is 3.55. The van der Waals surface area contributed by atoms with Crippen molar-refractivity contribution in [2.45, 2.75) is 38.6 Å². The lowest BCUT2D eigenvalue weighted by molar-refractivity contribution is 0.117. The molecule has 0 saturated heterocycles. The van der Waals surface area contributed by atoms with Gasteiger partial charge in [0.25, 0.3) is 0 Å². The third-order valence-corrected chi connectivity index (χ3v) is 4.08. The smallest absolute Gasteiger partial charge is 0.0323 e. The zero-order valence-electron chi connectivity index (χ0n) is 11.4.